The van der Waals surface area contributed by atoms with Gasteiger partial charge in [-0.15, -0.1) is 0 Å². The van der Waals surface area contributed by atoms with E-state index in [1.165, 1.54) is 10.9 Å². The van der Waals surface area contributed by atoms with Gasteiger partial charge in [-0.25, -0.2) is 0 Å². The lowest BCUT2D eigenvalue weighted by molar-refractivity contribution is 0.974. The quantitative estimate of drug-likeness (QED) is 0.364. The molecule has 0 bridgehead atoms. The van der Waals surface area contributed by atoms with Crippen LogP contribution in [-0.2, 0) is 6.42 Å². The third kappa shape index (κ3) is 4.01. The lowest BCUT2D eigenvalue weighted by atomic mass is 9.97. The summed E-state index contributed by atoms with van der Waals surface area (Å²) in [4.78, 5) is 8.11. The molecule has 0 saturated heterocycles. The van der Waals surface area contributed by atoms with Gasteiger partial charge in [0.25, 0.3) is 0 Å². The third-order valence-electron chi connectivity index (χ3n) is 5.42. The van der Waals surface area contributed by atoms with E-state index in [4.69, 9.17) is 16.6 Å². The van der Waals surface area contributed by atoms with E-state index in [0.717, 1.165) is 44.9 Å². The van der Waals surface area contributed by atoms with Crippen LogP contribution in [0.5, 0.6) is 0 Å². The Bertz CT molecular complexity index is 1290. The summed E-state index contributed by atoms with van der Waals surface area (Å²) < 4.78 is 0. The summed E-state index contributed by atoms with van der Waals surface area (Å²) >= 11 is 6.23. The number of benzene rings is 3. The summed E-state index contributed by atoms with van der Waals surface area (Å²) in [5.41, 5.74) is 8.11. The van der Waals surface area contributed by atoms with Gasteiger partial charge < -0.3 is 4.98 Å². The van der Waals surface area contributed by atoms with Gasteiger partial charge in [-0.3, -0.25) is 4.99 Å². The van der Waals surface area contributed by atoms with Crippen LogP contribution in [0.4, 0.5) is 0 Å². The van der Waals surface area contributed by atoms with Crippen molar-refractivity contribution in [2.75, 3.05) is 6.54 Å². The maximum absolute atomic E-state index is 9.39. The number of aromatic nitrogens is 1. The van der Waals surface area contributed by atoms with Crippen molar-refractivity contribution in [2.24, 2.45) is 4.99 Å². The largest absolute Gasteiger partial charge is 0.361 e. The monoisotopic (exact) mass is 411 g/mol. The molecule has 0 aliphatic heterocycles. The van der Waals surface area contributed by atoms with Gasteiger partial charge in [0.2, 0.25) is 0 Å². The molecule has 0 atom stereocenters. The molecule has 0 amide bonds. The molecule has 0 radical (unpaired) electrons. The number of rotatable bonds is 5. The number of nitrogens with one attached hydrogen (secondary N) is 1. The molecule has 0 unspecified atom stereocenters. The first-order valence-corrected chi connectivity index (χ1v) is 10.3. The molecule has 0 spiro atoms. The number of hydrogen-bond donors (Lipinski definition) is 1. The molecule has 148 valence electrons. The molecule has 1 aromatic heterocycles. The molecule has 1 heterocycles. The molecular weight excluding hydrogens is 390 g/mol. The second kappa shape index (κ2) is 8.57. The molecule has 0 fully saturated rings. The van der Waals surface area contributed by atoms with E-state index >= 15 is 0 Å². The minimum absolute atomic E-state index is 0.680. The molecular formula is C26H22ClN3. The lowest BCUT2D eigenvalue weighted by Crippen LogP contribution is -1.99. The fourth-order valence-corrected chi connectivity index (χ4v) is 3.86. The first-order valence-electron chi connectivity index (χ1n) is 9.94. The Morgan fingerprint density at radius 1 is 1.10 bits per heavy atom. The van der Waals surface area contributed by atoms with Crippen molar-refractivity contribution in [3.8, 4) is 17.2 Å². The van der Waals surface area contributed by atoms with E-state index < -0.39 is 0 Å². The number of nitriles is 1. The summed E-state index contributed by atoms with van der Waals surface area (Å²) in [7, 11) is 0. The SMILES string of the molecule is CC(=NCCc1c[nH]c2cc(Cl)c(C)cc12)c1cccc(-c2ccccc2C#N)c1. The highest BCUT2D eigenvalue weighted by atomic mass is 35.5. The standard InChI is InChI=1S/C26H22ClN3/c1-17-12-24-22(16-30-26(24)14-25(17)27)10-11-29-18(2)19-7-5-8-20(13-19)23-9-4-3-6-21(23)15-28/h3-9,12-14,16,30H,10-11H2,1-2H3. The van der Waals surface area contributed by atoms with E-state index in [1.807, 2.05) is 62.5 Å². The highest BCUT2D eigenvalue weighted by Gasteiger charge is 2.08. The highest BCUT2D eigenvalue weighted by molar-refractivity contribution is 6.32. The van der Waals surface area contributed by atoms with Crippen molar-refractivity contribution in [1.82, 2.24) is 4.98 Å². The van der Waals surface area contributed by atoms with E-state index in [0.29, 0.717) is 12.1 Å². The summed E-state index contributed by atoms with van der Waals surface area (Å²) in [6.07, 6.45) is 2.90. The molecule has 4 aromatic rings. The van der Waals surface area contributed by atoms with Crippen LogP contribution in [-0.4, -0.2) is 17.2 Å². The van der Waals surface area contributed by atoms with Gasteiger partial charge in [-0.05, 0) is 72.4 Å². The van der Waals surface area contributed by atoms with Crippen LogP contribution >= 0.6 is 11.6 Å². The van der Waals surface area contributed by atoms with Gasteiger partial charge in [0.15, 0.2) is 0 Å². The summed E-state index contributed by atoms with van der Waals surface area (Å²) in [6, 6.07) is 22.3. The first-order chi connectivity index (χ1) is 14.6. The van der Waals surface area contributed by atoms with Gasteiger partial charge >= 0.3 is 0 Å². The number of H-pyrrole nitrogens is 1. The molecule has 3 aromatic carbocycles. The molecule has 30 heavy (non-hydrogen) atoms. The number of hydrogen-bond acceptors (Lipinski definition) is 2. The second-order valence-electron chi connectivity index (χ2n) is 7.42. The smallest absolute Gasteiger partial charge is 0.0998 e. The predicted octanol–water partition coefficient (Wildman–Crippen LogP) is 6.72. The minimum atomic E-state index is 0.680. The topological polar surface area (TPSA) is 51.9 Å². The van der Waals surface area contributed by atoms with Crippen LogP contribution in [0.25, 0.3) is 22.0 Å². The number of halogens is 1. The number of aliphatic imine (C=N–C) groups is 1. The zero-order valence-corrected chi connectivity index (χ0v) is 17.8. The maximum atomic E-state index is 9.39. The lowest BCUT2D eigenvalue weighted by Gasteiger charge is -2.07. The van der Waals surface area contributed by atoms with Crippen LogP contribution in [0.1, 0.15) is 29.2 Å². The Kier molecular flexibility index (Phi) is 5.70. The Morgan fingerprint density at radius 2 is 1.93 bits per heavy atom. The Morgan fingerprint density at radius 3 is 2.77 bits per heavy atom. The van der Waals surface area contributed by atoms with Gasteiger partial charge in [0.1, 0.15) is 0 Å². The van der Waals surface area contributed by atoms with E-state index in [2.05, 4.69) is 29.3 Å². The van der Waals surface area contributed by atoms with Crippen molar-refractivity contribution >= 4 is 28.2 Å². The fourth-order valence-electron chi connectivity index (χ4n) is 3.70. The molecule has 1 N–H and O–H groups in total. The zero-order valence-electron chi connectivity index (χ0n) is 17.0. The number of fused-ring (bicyclic) bond motifs is 1. The van der Waals surface area contributed by atoms with Crippen molar-refractivity contribution in [1.29, 1.82) is 5.26 Å². The summed E-state index contributed by atoms with van der Waals surface area (Å²) in [5, 5.41) is 11.4. The second-order valence-corrected chi connectivity index (χ2v) is 7.82. The molecule has 3 nitrogen and oxygen atoms in total. The normalized spacial score (nSPS) is 11.6. The Labute approximate surface area is 181 Å². The molecule has 0 saturated carbocycles. The molecule has 0 aliphatic rings. The average Bonchev–Trinajstić information content (AvgIpc) is 3.15. The molecule has 4 rings (SSSR count). The van der Waals surface area contributed by atoms with Crippen molar-refractivity contribution in [3.05, 3.63) is 94.1 Å². The Balaban J connectivity index is 1.54. The van der Waals surface area contributed by atoms with Crippen LogP contribution in [0.3, 0.4) is 0 Å². The van der Waals surface area contributed by atoms with E-state index in [1.54, 1.807) is 0 Å². The van der Waals surface area contributed by atoms with Crippen molar-refractivity contribution in [3.63, 3.8) is 0 Å². The number of aromatic amines is 1. The Hall–Kier alpha value is -3.35. The third-order valence-corrected chi connectivity index (χ3v) is 5.82. The zero-order chi connectivity index (χ0) is 21.1. The van der Waals surface area contributed by atoms with Crippen LogP contribution in [0.2, 0.25) is 5.02 Å². The predicted molar refractivity (Wildman–Crippen MR) is 125 cm³/mol. The van der Waals surface area contributed by atoms with Gasteiger partial charge in [-0.2, -0.15) is 5.26 Å². The van der Waals surface area contributed by atoms with Crippen LogP contribution in [0, 0.1) is 18.3 Å². The fraction of sp³-hybridized carbons (Fsp3) is 0.154. The average molecular weight is 412 g/mol. The summed E-state index contributed by atoms with van der Waals surface area (Å²) in [5.74, 6) is 0. The van der Waals surface area contributed by atoms with Gasteiger partial charge in [0.05, 0.1) is 11.6 Å². The summed E-state index contributed by atoms with van der Waals surface area (Å²) in [6.45, 7) is 4.77. The molecule has 0 aliphatic carbocycles. The number of aryl methyl sites for hydroxylation is 1. The van der Waals surface area contributed by atoms with Gasteiger partial charge in [-0.1, -0.05) is 48.0 Å². The minimum Gasteiger partial charge on any atom is -0.361 e. The van der Waals surface area contributed by atoms with E-state index in [9.17, 15) is 5.26 Å². The van der Waals surface area contributed by atoms with E-state index in [-0.39, 0.29) is 0 Å². The first kappa shape index (κ1) is 19.9. The maximum Gasteiger partial charge on any atom is 0.0998 e. The molecule has 4 heteroatoms. The highest BCUT2D eigenvalue weighted by Crippen LogP contribution is 2.26. The van der Waals surface area contributed by atoms with Crippen LogP contribution < -0.4 is 0 Å². The van der Waals surface area contributed by atoms with Crippen LogP contribution in [0.15, 0.2) is 71.9 Å². The van der Waals surface area contributed by atoms with Crippen molar-refractivity contribution in [2.45, 2.75) is 20.3 Å². The number of nitrogens with zero attached hydrogens (tertiary/aromatic N) is 2. The van der Waals surface area contributed by atoms with Crippen molar-refractivity contribution < 1.29 is 0 Å². The van der Waals surface area contributed by atoms with Gasteiger partial charge in [0, 0.05) is 34.4 Å².